The molecule has 1 unspecified atom stereocenters. The van der Waals surface area contributed by atoms with E-state index in [1.54, 1.807) is 18.2 Å². The molecule has 2 amide bonds. The molecule has 138 valence electrons. The van der Waals surface area contributed by atoms with Crippen LogP contribution in [0.4, 0.5) is 10.5 Å². The van der Waals surface area contributed by atoms with Gasteiger partial charge in [-0.1, -0.05) is 23.2 Å². The molecule has 7 heteroatoms. The minimum atomic E-state index is -0.0876. The number of rotatable bonds is 3. The third-order valence-electron chi connectivity index (χ3n) is 5.01. The van der Waals surface area contributed by atoms with Crippen molar-refractivity contribution in [3.63, 3.8) is 0 Å². The molecule has 0 bridgehead atoms. The Morgan fingerprint density at radius 3 is 2.44 bits per heavy atom. The first-order valence-electron chi connectivity index (χ1n) is 8.92. The Kier molecular flexibility index (Phi) is 6.44. The minimum Gasteiger partial charge on any atom is -0.322 e. The van der Waals surface area contributed by atoms with Crippen molar-refractivity contribution in [2.75, 3.05) is 58.2 Å². The van der Waals surface area contributed by atoms with Crippen LogP contribution in [0.5, 0.6) is 0 Å². The Labute approximate surface area is 159 Å². The molecule has 0 aliphatic carbocycles. The van der Waals surface area contributed by atoms with E-state index in [0.717, 1.165) is 38.6 Å². The molecule has 1 N–H and O–H groups in total. The highest BCUT2D eigenvalue weighted by atomic mass is 35.5. The number of nitrogens with one attached hydrogen (secondary N) is 1. The Morgan fingerprint density at radius 1 is 1.12 bits per heavy atom. The summed E-state index contributed by atoms with van der Waals surface area (Å²) in [5, 5.41) is 3.93. The number of nitrogens with zero attached hydrogens (tertiary/aromatic N) is 3. The van der Waals surface area contributed by atoms with Crippen LogP contribution < -0.4 is 5.32 Å². The Bertz CT molecular complexity index is 584. The first-order chi connectivity index (χ1) is 12.0. The van der Waals surface area contributed by atoms with E-state index in [9.17, 15) is 4.79 Å². The molecule has 2 heterocycles. The molecule has 2 aliphatic rings. The lowest BCUT2D eigenvalue weighted by atomic mass is 9.97. The van der Waals surface area contributed by atoms with Crippen LogP contribution in [0.1, 0.15) is 12.8 Å². The van der Waals surface area contributed by atoms with Crippen molar-refractivity contribution in [1.29, 1.82) is 0 Å². The summed E-state index contributed by atoms with van der Waals surface area (Å²) >= 11 is 12.0. The lowest BCUT2D eigenvalue weighted by molar-refractivity contribution is 0.109. The second-order valence-corrected chi connectivity index (χ2v) is 8.02. The van der Waals surface area contributed by atoms with Gasteiger partial charge >= 0.3 is 6.03 Å². The highest BCUT2D eigenvalue weighted by Gasteiger charge is 2.25. The lowest BCUT2D eigenvalue weighted by Crippen LogP contribution is -2.51. The number of likely N-dealkylation sites (tertiary alicyclic amines) is 1. The van der Waals surface area contributed by atoms with Crippen LogP contribution in [-0.4, -0.2) is 73.6 Å². The number of piperazine rings is 1. The second kappa shape index (κ2) is 8.58. The van der Waals surface area contributed by atoms with Gasteiger partial charge in [0.2, 0.25) is 0 Å². The number of anilines is 1. The topological polar surface area (TPSA) is 38.8 Å². The maximum absolute atomic E-state index is 12.4. The summed E-state index contributed by atoms with van der Waals surface area (Å²) < 4.78 is 0. The van der Waals surface area contributed by atoms with Gasteiger partial charge in [-0.25, -0.2) is 4.79 Å². The highest BCUT2D eigenvalue weighted by Crippen LogP contribution is 2.23. The van der Waals surface area contributed by atoms with Crippen molar-refractivity contribution >= 4 is 34.9 Å². The number of hydrogen-bond acceptors (Lipinski definition) is 3. The molecule has 1 aromatic rings. The Balaban J connectivity index is 1.45. The summed E-state index contributed by atoms with van der Waals surface area (Å²) in [4.78, 5) is 19.2. The maximum atomic E-state index is 12.4. The zero-order chi connectivity index (χ0) is 17.8. The molecule has 1 atom stereocenters. The van der Waals surface area contributed by atoms with E-state index < -0.39 is 0 Å². The zero-order valence-electron chi connectivity index (χ0n) is 14.7. The average Bonchev–Trinajstić information content (AvgIpc) is 2.54. The number of hydrogen-bond donors (Lipinski definition) is 1. The van der Waals surface area contributed by atoms with E-state index in [2.05, 4.69) is 22.2 Å². The quantitative estimate of drug-likeness (QED) is 0.866. The van der Waals surface area contributed by atoms with E-state index >= 15 is 0 Å². The first kappa shape index (κ1) is 18.8. The fourth-order valence-electron chi connectivity index (χ4n) is 3.75. The van der Waals surface area contributed by atoms with Gasteiger partial charge in [-0.2, -0.15) is 0 Å². The largest absolute Gasteiger partial charge is 0.322 e. The van der Waals surface area contributed by atoms with Crippen LogP contribution in [-0.2, 0) is 0 Å². The predicted octanol–water partition coefficient (Wildman–Crippen LogP) is 3.48. The zero-order valence-corrected chi connectivity index (χ0v) is 16.2. The number of amides is 2. The molecule has 25 heavy (non-hydrogen) atoms. The van der Waals surface area contributed by atoms with Gasteiger partial charge in [0, 0.05) is 55.0 Å². The molecule has 2 saturated heterocycles. The van der Waals surface area contributed by atoms with Crippen LogP contribution in [0, 0.1) is 5.92 Å². The van der Waals surface area contributed by atoms with Crippen molar-refractivity contribution in [3.05, 3.63) is 28.2 Å². The van der Waals surface area contributed by atoms with Gasteiger partial charge in [0.15, 0.2) is 0 Å². The standard InChI is InChI=1S/C18H26Cl2N4O/c1-22-4-2-3-14(12-22)13-23-5-7-24(8-6-23)18(25)21-17-10-15(19)9-16(20)11-17/h9-11,14H,2-8,12-13H2,1H3,(H,21,25). The second-order valence-electron chi connectivity index (χ2n) is 7.15. The van der Waals surface area contributed by atoms with Gasteiger partial charge in [0.05, 0.1) is 0 Å². The van der Waals surface area contributed by atoms with E-state index in [4.69, 9.17) is 23.2 Å². The number of carbonyl (C=O) groups is 1. The van der Waals surface area contributed by atoms with Crippen molar-refractivity contribution < 1.29 is 4.79 Å². The summed E-state index contributed by atoms with van der Waals surface area (Å²) in [6.45, 7) is 6.93. The third kappa shape index (κ3) is 5.48. The molecule has 3 rings (SSSR count). The fraction of sp³-hybridized carbons (Fsp3) is 0.611. The van der Waals surface area contributed by atoms with Crippen molar-refractivity contribution in [3.8, 4) is 0 Å². The number of urea groups is 1. The molecular formula is C18H26Cl2N4O. The number of carbonyl (C=O) groups excluding carboxylic acids is 1. The average molecular weight is 385 g/mol. The van der Waals surface area contributed by atoms with Crippen LogP contribution in [0.15, 0.2) is 18.2 Å². The molecule has 5 nitrogen and oxygen atoms in total. The van der Waals surface area contributed by atoms with Gasteiger partial charge in [-0.3, -0.25) is 4.90 Å². The first-order valence-corrected chi connectivity index (χ1v) is 9.68. The fourth-order valence-corrected chi connectivity index (χ4v) is 4.28. The third-order valence-corrected chi connectivity index (χ3v) is 5.45. The summed E-state index contributed by atoms with van der Waals surface area (Å²) in [5.74, 6) is 0.757. The van der Waals surface area contributed by atoms with Crippen LogP contribution in [0.25, 0.3) is 0 Å². The SMILES string of the molecule is CN1CCCC(CN2CCN(C(=O)Nc3cc(Cl)cc(Cl)c3)CC2)C1. The molecule has 0 spiro atoms. The maximum Gasteiger partial charge on any atom is 0.321 e. The molecule has 0 aromatic heterocycles. The molecule has 0 saturated carbocycles. The van der Waals surface area contributed by atoms with Gasteiger partial charge in [0.1, 0.15) is 0 Å². The van der Waals surface area contributed by atoms with Crippen LogP contribution >= 0.6 is 23.2 Å². The molecule has 0 radical (unpaired) electrons. The Morgan fingerprint density at radius 2 is 1.80 bits per heavy atom. The van der Waals surface area contributed by atoms with E-state index in [-0.39, 0.29) is 6.03 Å². The van der Waals surface area contributed by atoms with Gasteiger partial charge in [0.25, 0.3) is 0 Å². The minimum absolute atomic E-state index is 0.0876. The summed E-state index contributed by atoms with van der Waals surface area (Å²) in [6.07, 6.45) is 2.62. The predicted molar refractivity (Wildman–Crippen MR) is 104 cm³/mol. The van der Waals surface area contributed by atoms with Crippen molar-refractivity contribution in [2.24, 2.45) is 5.92 Å². The Hall–Kier alpha value is -1.01. The normalized spacial score (nSPS) is 22.8. The van der Waals surface area contributed by atoms with Crippen LogP contribution in [0.2, 0.25) is 10.0 Å². The van der Waals surface area contributed by atoms with E-state index in [1.807, 2.05) is 4.90 Å². The molecular weight excluding hydrogens is 359 g/mol. The number of halogens is 2. The summed E-state index contributed by atoms with van der Waals surface area (Å²) in [7, 11) is 2.20. The molecule has 2 aliphatic heterocycles. The summed E-state index contributed by atoms with van der Waals surface area (Å²) in [6, 6.07) is 4.98. The summed E-state index contributed by atoms with van der Waals surface area (Å²) in [5.41, 5.74) is 0.634. The lowest BCUT2D eigenvalue weighted by Gasteiger charge is -2.38. The van der Waals surface area contributed by atoms with E-state index in [0.29, 0.717) is 15.7 Å². The highest BCUT2D eigenvalue weighted by molar-refractivity contribution is 6.35. The van der Waals surface area contributed by atoms with Crippen LogP contribution in [0.3, 0.4) is 0 Å². The smallest absolute Gasteiger partial charge is 0.321 e. The molecule has 1 aromatic carbocycles. The van der Waals surface area contributed by atoms with E-state index in [1.165, 1.54) is 25.9 Å². The van der Waals surface area contributed by atoms with Gasteiger partial charge in [-0.15, -0.1) is 0 Å². The van der Waals surface area contributed by atoms with Crippen molar-refractivity contribution in [1.82, 2.24) is 14.7 Å². The van der Waals surface area contributed by atoms with Gasteiger partial charge in [-0.05, 0) is 50.6 Å². The van der Waals surface area contributed by atoms with Crippen molar-refractivity contribution in [2.45, 2.75) is 12.8 Å². The number of piperidine rings is 1. The number of benzene rings is 1. The molecule has 2 fully saturated rings. The monoisotopic (exact) mass is 384 g/mol. The van der Waals surface area contributed by atoms with Gasteiger partial charge < -0.3 is 15.1 Å².